The topological polar surface area (TPSA) is 28.2 Å². The smallest absolute Gasteiger partial charge is 0.315 e. The Kier molecular flexibility index (Phi) is 5.85. The Morgan fingerprint density at radius 3 is 2.69 bits per heavy atom. The number of rotatable bonds is 3. The molecule has 0 spiro atoms. The molecule has 1 unspecified atom stereocenters. The second kappa shape index (κ2) is 7.94. The van der Waals surface area contributed by atoms with E-state index in [1.807, 2.05) is 13.0 Å². The summed E-state index contributed by atoms with van der Waals surface area (Å²) in [5.74, 6) is 0. The molecule has 1 aliphatic rings. The van der Waals surface area contributed by atoms with Gasteiger partial charge in [0, 0.05) is 37.1 Å². The molecular weight excluding hydrogens is 363 g/mol. The number of aromatic nitrogens is 1. The van der Waals surface area contributed by atoms with Crippen molar-refractivity contribution in [3.63, 3.8) is 0 Å². The first-order valence-electron chi connectivity index (χ1n) is 8.60. The van der Waals surface area contributed by atoms with Crippen LogP contribution < -0.4 is 5.32 Å². The Bertz CT molecular complexity index is 756. The lowest BCUT2D eigenvalue weighted by molar-refractivity contribution is -0.137. The standard InChI is InChI=1S/C19H21ClF3N3/c1-13-12-25-7-5-15(13)18(26-9-2-6-24-8-10-26)16-11-14(19(21,22)23)3-4-17(16)20/h3-5,7,11-12,18,24H,2,6,8-10H2,1H3. The number of nitrogens with one attached hydrogen (secondary N) is 1. The van der Waals surface area contributed by atoms with Crippen molar-refractivity contribution in [3.8, 4) is 0 Å². The number of aryl methyl sites for hydroxylation is 1. The SMILES string of the molecule is Cc1cnccc1C(c1cc(C(F)(F)F)ccc1Cl)N1CCCNCC1. The third-order valence-corrected chi connectivity index (χ3v) is 5.06. The predicted molar refractivity (Wildman–Crippen MR) is 96.3 cm³/mol. The van der Waals surface area contributed by atoms with Gasteiger partial charge in [0.05, 0.1) is 11.6 Å². The maximum absolute atomic E-state index is 13.3. The van der Waals surface area contributed by atoms with Crippen molar-refractivity contribution < 1.29 is 13.2 Å². The van der Waals surface area contributed by atoms with Crippen LogP contribution in [0.1, 0.15) is 34.7 Å². The molecule has 3 rings (SSSR count). The Hall–Kier alpha value is -1.63. The largest absolute Gasteiger partial charge is 0.416 e. The Balaban J connectivity index is 2.13. The number of nitrogens with zero attached hydrogens (tertiary/aromatic N) is 2. The van der Waals surface area contributed by atoms with E-state index in [9.17, 15) is 13.2 Å². The van der Waals surface area contributed by atoms with Crippen LogP contribution in [0.2, 0.25) is 5.02 Å². The maximum atomic E-state index is 13.3. The highest BCUT2D eigenvalue weighted by molar-refractivity contribution is 6.31. The Morgan fingerprint density at radius 1 is 1.15 bits per heavy atom. The van der Waals surface area contributed by atoms with Crippen LogP contribution in [0.5, 0.6) is 0 Å². The van der Waals surface area contributed by atoms with Crippen LogP contribution in [0.4, 0.5) is 13.2 Å². The summed E-state index contributed by atoms with van der Waals surface area (Å²) in [4.78, 5) is 6.32. The molecule has 26 heavy (non-hydrogen) atoms. The van der Waals surface area contributed by atoms with Crippen molar-refractivity contribution in [1.82, 2.24) is 15.2 Å². The summed E-state index contributed by atoms with van der Waals surface area (Å²) in [6.45, 7) is 5.13. The van der Waals surface area contributed by atoms with E-state index in [-0.39, 0.29) is 6.04 Å². The molecule has 0 radical (unpaired) electrons. The van der Waals surface area contributed by atoms with E-state index in [2.05, 4.69) is 15.2 Å². The molecule has 1 atom stereocenters. The van der Waals surface area contributed by atoms with E-state index in [0.29, 0.717) is 10.6 Å². The molecule has 0 amide bonds. The highest BCUT2D eigenvalue weighted by Gasteiger charge is 2.33. The van der Waals surface area contributed by atoms with Gasteiger partial charge >= 0.3 is 6.18 Å². The summed E-state index contributed by atoms with van der Waals surface area (Å²) in [5, 5.41) is 3.68. The van der Waals surface area contributed by atoms with E-state index in [1.54, 1.807) is 12.4 Å². The number of hydrogen-bond donors (Lipinski definition) is 1. The van der Waals surface area contributed by atoms with Gasteiger partial charge < -0.3 is 5.32 Å². The minimum atomic E-state index is -4.41. The van der Waals surface area contributed by atoms with Crippen molar-refractivity contribution >= 4 is 11.6 Å². The minimum absolute atomic E-state index is 0.340. The van der Waals surface area contributed by atoms with E-state index >= 15 is 0 Å². The molecule has 1 aromatic carbocycles. The van der Waals surface area contributed by atoms with Crippen LogP contribution in [0.25, 0.3) is 0 Å². The first-order valence-corrected chi connectivity index (χ1v) is 8.97. The third-order valence-electron chi connectivity index (χ3n) is 4.72. The van der Waals surface area contributed by atoms with Gasteiger partial charge in [-0.2, -0.15) is 13.2 Å². The van der Waals surface area contributed by atoms with Crippen molar-refractivity contribution in [2.24, 2.45) is 0 Å². The Morgan fingerprint density at radius 2 is 1.96 bits per heavy atom. The zero-order chi connectivity index (χ0) is 18.7. The zero-order valence-electron chi connectivity index (χ0n) is 14.5. The summed E-state index contributed by atoms with van der Waals surface area (Å²) >= 11 is 6.38. The molecule has 140 valence electrons. The summed E-state index contributed by atoms with van der Waals surface area (Å²) in [7, 11) is 0. The van der Waals surface area contributed by atoms with Gasteiger partial charge in [0.1, 0.15) is 0 Å². The van der Waals surface area contributed by atoms with Gasteiger partial charge in [0.15, 0.2) is 0 Å². The van der Waals surface area contributed by atoms with Gasteiger partial charge in [-0.1, -0.05) is 11.6 Å². The highest BCUT2D eigenvalue weighted by Crippen LogP contribution is 2.39. The van der Waals surface area contributed by atoms with E-state index in [4.69, 9.17) is 11.6 Å². The lowest BCUT2D eigenvalue weighted by atomic mass is 9.93. The van der Waals surface area contributed by atoms with Gasteiger partial charge in [-0.15, -0.1) is 0 Å². The van der Waals surface area contributed by atoms with Crippen LogP contribution in [-0.2, 0) is 6.18 Å². The van der Waals surface area contributed by atoms with Crippen molar-refractivity contribution in [3.05, 3.63) is 63.9 Å². The van der Waals surface area contributed by atoms with Gasteiger partial charge in [0.25, 0.3) is 0 Å². The molecule has 2 heterocycles. The molecular formula is C19H21ClF3N3. The number of alkyl halides is 3. The van der Waals surface area contributed by atoms with Crippen molar-refractivity contribution in [1.29, 1.82) is 0 Å². The average molecular weight is 384 g/mol. The summed E-state index contributed by atoms with van der Waals surface area (Å²) in [6.07, 6.45) is -0.0679. The molecule has 1 aliphatic heterocycles. The zero-order valence-corrected chi connectivity index (χ0v) is 15.2. The van der Waals surface area contributed by atoms with E-state index in [0.717, 1.165) is 49.8 Å². The van der Waals surface area contributed by atoms with E-state index < -0.39 is 11.7 Å². The molecule has 1 saturated heterocycles. The molecule has 0 saturated carbocycles. The number of pyridine rings is 1. The second-order valence-electron chi connectivity index (χ2n) is 6.51. The molecule has 0 aliphatic carbocycles. The number of halogens is 4. The molecule has 1 N–H and O–H groups in total. The van der Waals surface area contributed by atoms with Gasteiger partial charge in [-0.25, -0.2) is 0 Å². The molecule has 7 heteroatoms. The van der Waals surface area contributed by atoms with Gasteiger partial charge in [-0.05, 0) is 60.8 Å². The van der Waals surface area contributed by atoms with Crippen molar-refractivity contribution in [2.75, 3.05) is 26.2 Å². The quantitative estimate of drug-likeness (QED) is 0.848. The molecule has 1 aromatic heterocycles. The number of benzene rings is 1. The fourth-order valence-corrected chi connectivity index (χ4v) is 3.63. The van der Waals surface area contributed by atoms with Crippen LogP contribution in [0, 0.1) is 6.92 Å². The highest BCUT2D eigenvalue weighted by atomic mass is 35.5. The van der Waals surface area contributed by atoms with Crippen LogP contribution in [0.3, 0.4) is 0 Å². The predicted octanol–water partition coefficient (Wildman–Crippen LogP) is 4.45. The lowest BCUT2D eigenvalue weighted by Crippen LogP contribution is -2.33. The average Bonchev–Trinajstić information content (AvgIpc) is 2.87. The van der Waals surface area contributed by atoms with Crippen molar-refractivity contribution in [2.45, 2.75) is 25.6 Å². The normalized spacial score (nSPS) is 17.7. The first-order chi connectivity index (χ1) is 12.4. The third kappa shape index (κ3) is 4.19. The fraction of sp³-hybridized carbons (Fsp3) is 0.421. The maximum Gasteiger partial charge on any atom is 0.416 e. The Labute approximate surface area is 156 Å². The van der Waals surface area contributed by atoms with Crippen LogP contribution in [0.15, 0.2) is 36.7 Å². The lowest BCUT2D eigenvalue weighted by Gasteiger charge is -2.33. The summed E-state index contributed by atoms with van der Waals surface area (Å²) in [6, 6.07) is 5.10. The van der Waals surface area contributed by atoms with Gasteiger partial charge in [0.2, 0.25) is 0 Å². The van der Waals surface area contributed by atoms with Crippen LogP contribution in [-0.4, -0.2) is 36.1 Å². The second-order valence-corrected chi connectivity index (χ2v) is 6.92. The summed E-state index contributed by atoms with van der Waals surface area (Å²) < 4.78 is 39.8. The summed E-state index contributed by atoms with van der Waals surface area (Å²) in [5.41, 5.74) is 1.67. The molecule has 3 nitrogen and oxygen atoms in total. The van der Waals surface area contributed by atoms with E-state index in [1.165, 1.54) is 12.1 Å². The molecule has 2 aromatic rings. The number of hydrogen-bond acceptors (Lipinski definition) is 3. The molecule has 1 fully saturated rings. The molecule has 0 bridgehead atoms. The van der Waals surface area contributed by atoms with Crippen LogP contribution >= 0.6 is 11.6 Å². The monoisotopic (exact) mass is 383 g/mol. The fourth-order valence-electron chi connectivity index (χ4n) is 3.41. The first kappa shape index (κ1) is 19.1. The van der Waals surface area contributed by atoms with Gasteiger partial charge in [-0.3, -0.25) is 9.88 Å². The minimum Gasteiger partial charge on any atom is -0.315 e.